The number of ether oxygens (including phenoxy) is 1. The zero-order valence-electron chi connectivity index (χ0n) is 21.3. The molecule has 0 spiro atoms. The summed E-state index contributed by atoms with van der Waals surface area (Å²) in [5, 5.41) is 9.80. The molecule has 1 aromatic carbocycles. The topological polar surface area (TPSA) is 73.6 Å². The monoisotopic (exact) mass is 473 g/mol. The molecule has 1 aliphatic rings. The molecule has 0 unspecified atom stereocenters. The van der Waals surface area contributed by atoms with Gasteiger partial charge in [-0.3, -0.25) is 4.31 Å². The molecule has 33 heavy (non-hydrogen) atoms. The van der Waals surface area contributed by atoms with Gasteiger partial charge in [0, 0.05) is 33.9 Å². The van der Waals surface area contributed by atoms with E-state index in [4.69, 9.17) is 0 Å². The van der Waals surface area contributed by atoms with Gasteiger partial charge in [0.05, 0.1) is 22.7 Å². The lowest BCUT2D eigenvalue weighted by Crippen LogP contribution is -2.28. The molecule has 0 saturated carbocycles. The fraction of sp³-hybridized carbons (Fsp3) is 0.423. The Balaban J connectivity index is 0.00000189. The Morgan fingerprint density at radius 1 is 1.21 bits per heavy atom. The number of allylic oxidation sites excluding steroid dienone is 4. The molecule has 2 rings (SSSR count). The molecule has 0 amide bonds. The van der Waals surface area contributed by atoms with Gasteiger partial charge in [0.1, 0.15) is 6.07 Å². The van der Waals surface area contributed by atoms with Crippen molar-refractivity contribution in [2.24, 2.45) is 0 Å². The number of hydrogen-bond acceptors (Lipinski definition) is 5. The molecule has 182 valence electrons. The number of benzene rings is 1. The van der Waals surface area contributed by atoms with E-state index >= 15 is 0 Å². The van der Waals surface area contributed by atoms with Gasteiger partial charge in [-0.25, -0.2) is 8.42 Å². The van der Waals surface area contributed by atoms with Gasteiger partial charge in [0.2, 0.25) is 10.0 Å². The van der Waals surface area contributed by atoms with Crippen LogP contribution in [0.15, 0.2) is 66.3 Å². The molecule has 6 nitrogen and oxygen atoms in total. The Morgan fingerprint density at radius 2 is 1.76 bits per heavy atom. The summed E-state index contributed by atoms with van der Waals surface area (Å²) in [6.45, 7) is 14.1. The minimum Gasteiger partial charge on any atom is -0.388 e. The summed E-state index contributed by atoms with van der Waals surface area (Å²) in [6, 6.07) is 9.88. The van der Waals surface area contributed by atoms with E-state index in [1.54, 1.807) is 46.4 Å². The highest BCUT2D eigenvalue weighted by Gasteiger charge is 2.29. The highest BCUT2D eigenvalue weighted by Crippen LogP contribution is 2.36. The van der Waals surface area contributed by atoms with Crippen LogP contribution in [0.3, 0.4) is 0 Å². The largest absolute Gasteiger partial charge is 0.388 e. The molecule has 0 radical (unpaired) electrons. The first-order valence-electron chi connectivity index (χ1n) is 11.0. The van der Waals surface area contributed by atoms with Gasteiger partial charge in [0.25, 0.3) is 0 Å². The number of methoxy groups -OCH3 is 1. The van der Waals surface area contributed by atoms with Crippen LogP contribution in [0.1, 0.15) is 40.2 Å². The Bertz CT molecular complexity index is 983. The number of nitrogens with zero attached hydrogens (tertiary/aromatic N) is 3. The lowest BCUT2D eigenvalue weighted by atomic mass is 10.0. The Labute approximate surface area is 201 Å². The smallest absolute Gasteiger partial charge is 0.234 e. The predicted octanol–water partition coefficient (Wildman–Crippen LogP) is 5.39. The molecular formula is C26H39N3O3S. The Hall–Kier alpha value is -2.82. The number of rotatable bonds is 7. The quantitative estimate of drug-likeness (QED) is 0.497. The minimum absolute atomic E-state index is 0.0441. The van der Waals surface area contributed by atoms with Crippen molar-refractivity contribution in [2.75, 3.05) is 37.9 Å². The van der Waals surface area contributed by atoms with E-state index < -0.39 is 10.0 Å². The van der Waals surface area contributed by atoms with Gasteiger partial charge in [-0.05, 0) is 44.0 Å². The van der Waals surface area contributed by atoms with E-state index in [2.05, 4.69) is 36.1 Å². The van der Waals surface area contributed by atoms with Crippen molar-refractivity contribution in [2.45, 2.75) is 40.7 Å². The number of nitriles is 1. The Kier molecular flexibility index (Phi) is 13.8. The van der Waals surface area contributed by atoms with Gasteiger partial charge in [-0.1, -0.05) is 56.9 Å². The van der Waals surface area contributed by atoms with E-state index in [1.165, 1.54) is 4.31 Å². The summed E-state index contributed by atoms with van der Waals surface area (Å²) in [5.41, 5.74) is 3.97. The molecule has 0 fully saturated rings. The summed E-state index contributed by atoms with van der Waals surface area (Å²) in [7, 11) is 1.49. The summed E-state index contributed by atoms with van der Waals surface area (Å²) in [5.74, 6) is 0.0441. The van der Waals surface area contributed by atoms with Crippen LogP contribution in [-0.4, -0.2) is 52.9 Å². The fourth-order valence-electron chi connectivity index (χ4n) is 3.08. The van der Waals surface area contributed by atoms with Crippen LogP contribution in [0.2, 0.25) is 0 Å². The van der Waals surface area contributed by atoms with Gasteiger partial charge >= 0.3 is 0 Å². The maximum absolute atomic E-state index is 12.1. The minimum atomic E-state index is -3.31. The molecule has 0 aromatic heterocycles. The molecular weight excluding hydrogens is 434 g/mol. The first-order valence-corrected chi connectivity index (χ1v) is 12.7. The average molecular weight is 474 g/mol. The first-order chi connectivity index (χ1) is 15.7. The lowest BCUT2D eigenvalue weighted by Gasteiger charge is -2.27. The van der Waals surface area contributed by atoms with Gasteiger partial charge in [0.15, 0.2) is 0 Å². The third kappa shape index (κ3) is 8.23. The summed E-state index contributed by atoms with van der Waals surface area (Å²) < 4.78 is 29.7. The molecule has 7 heteroatoms. The highest BCUT2D eigenvalue weighted by atomic mass is 32.2. The van der Waals surface area contributed by atoms with Crippen molar-refractivity contribution >= 4 is 21.4 Å². The Morgan fingerprint density at radius 3 is 2.18 bits per heavy atom. The normalized spacial score (nSPS) is 14.5. The molecule has 0 aliphatic carbocycles. The standard InChI is InChI=1S/C22H27N3O2S.C2H6O.C2H6/c1-6-8-9-10-19-16-25(17(3)4)22(21(19)15-23)18-11-13-20(14-12-18)24(5)28(26,27)7-2;1-3-2;1-2/h6,8-14,17H,1,7,16H2,2-5H3;1-2H3;1-2H3/b9-8-,19-10+;;. The van der Waals surface area contributed by atoms with E-state index in [0.29, 0.717) is 17.8 Å². The van der Waals surface area contributed by atoms with Crippen LogP contribution >= 0.6 is 0 Å². The van der Waals surface area contributed by atoms with Crippen molar-refractivity contribution in [3.05, 3.63) is 71.9 Å². The summed E-state index contributed by atoms with van der Waals surface area (Å²) in [4.78, 5) is 2.19. The van der Waals surface area contributed by atoms with Gasteiger partial charge in [-0.15, -0.1) is 0 Å². The van der Waals surface area contributed by atoms with Crippen molar-refractivity contribution in [3.63, 3.8) is 0 Å². The van der Waals surface area contributed by atoms with Crippen LogP contribution in [0.25, 0.3) is 5.70 Å². The second-order valence-corrected chi connectivity index (χ2v) is 9.48. The first kappa shape index (κ1) is 30.2. The highest BCUT2D eigenvalue weighted by molar-refractivity contribution is 7.92. The van der Waals surface area contributed by atoms with E-state index in [-0.39, 0.29) is 11.8 Å². The SMILES string of the molecule is C=C/C=C\C=C1/CN(C(C)C)C(c2ccc(N(C)S(=O)(=O)CC)cc2)=C1C#N.CC.COC. The van der Waals surface area contributed by atoms with Crippen molar-refractivity contribution in [1.82, 2.24) is 4.90 Å². The lowest BCUT2D eigenvalue weighted by molar-refractivity contribution is 0.277. The zero-order chi connectivity index (χ0) is 25.6. The third-order valence-electron chi connectivity index (χ3n) is 4.75. The van der Waals surface area contributed by atoms with E-state index in [0.717, 1.165) is 16.8 Å². The van der Waals surface area contributed by atoms with Crippen LogP contribution in [0.4, 0.5) is 5.69 Å². The maximum Gasteiger partial charge on any atom is 0.234 e. The van der Waals surface area contributed by atoms with E-state index in [9.17, 15) is 13.7 Å². The van der Waals surface area contributed by atoms with Gasteiger partial charge in [-0.2, -0.15) is 5.26 Å². The fourth-order valence-corrected chi connectivity index (χ4v) is 3.91. The average Bonchev–Trinajstić information content (AvgIpc) is 3.19. The molecule has 0 atom stereocenters. The molecule has 1 heterocycles. The van der Waals surface area contributed by atoms with Crippen LogP contribution in [0, 0.1) is 11.3 Å². The second-order valence-electron chi connectivity index (χ2n) is 7.19. The number of sulfonamides is 1. The number of hydrogen-bond donors (Lipinski definition) is 0. The summed E-state index contributed by atoms with van der Waals surface area (Å²) in [6.07, 6.45) is 7.36. The third-order valence-corrected chi connectivity index (χ3v) is 6.53. The second kappa shape index (κ2) is 15.1. The van der Waals surface area contributed by atoms with Crippen molar-refractivity contribution in [3.8, 4) is 6.07 Å². The summed E-state index contributed by atoms with van der Waals surface area (Å²) >= 11 is 0. The number of anilines is 1. The molecule has 0 bridgehead atoms. The van der Waals surface area contributed by atoms with Gasteiger partial charge < -0.3 is 9.64 Å². The maximum atomic E-state index is 12.1. The molecule has 1 aliphatic heterocycles. The van der Waals surface area contributed by atoms with Crippen LogP contribution < -0.4 is 4.31 Å². The zero-order valence-corrected chi connectivity index (χ0v) is 22.1. The van der Waals surface area contributed by atoms with Crippen molar-refractivity contribution < 1.29 is 13.2 Å². The van der Waals surface area contributed by atoms with Crippen LogP contribution in [0.5, 0.6) is 0 Å². The molecule has 1 aromatic rings. The predicted molar refractivity (Wildman–Crippen MR) is 140 cm³/mol. The molecule has 0 saturated heterocycles. The van der Waals surface area contributed by atoms with Crippen molar-refractivity contribution in [1.29, 1.82) is 5.26 Å². The molecule has 0 N–H and O–H groups in total. The van der Waals surface area contributed by atoms with Crippen LogP contribution in [-0.2, 0) is 14.8 Å². The van der Waals surface area contributed by atoms with E-state index in [1.807, 2.05) is 44.2 Å².